The second-order valence-corrected chi connectivity index (χ2v) is 6.26. The van der Waals surface area contributed by atoms with Gasteiger partial charge in [0.25, 0.3) is 5.91 Å². The average Bonchev–Trinajstić information content (AvgIpc) is 2.78. The Labute approximate surface area is 122 Å². The van der Waals surface area contributed by atoms with Crippen molar-refractivity contribution >= 4 is 21.6 Å². The van der Waals surface area contributed by atoms with E-state index in [-0.39, 0.29) is 10.7 Å². The van der Waals surface area contributed by atoms with Crippen LogP contribution in [-0.4, -0.2) is 19.3 Å². The van der Waals surface area contributed by atoms with Gasteiger partial charge in [0.15, 0.2) is 6.39 Å². The number of hydrogen-bond donors (Lipinski definition) is 2. The van der Waals surface area contributed by atoms with E-state index in [4.69, 9.17) is 9.56 Å². The van der Waals surface area contributed by atoms with Crippen LogP contribution >= 0.6 is 0 Å². The normalized spacial score (nSPS) is 11.4. The molecule has 0 saturated carbocycles. The highest BCUT2D eigenvalue weighted by Crippen LogP contribution is 2.25. The summed E-state index contributed by atoms with van der Waals surface area (Å²) in [5, 5.41) is 7.80. The van der Waals surface area contributed by atoms with Crippen molar-refractivity contribution in [2.45, 2.75) is 25.7 Å². The minimum atomic E-state index is -3.78. The Bertz CT molecular complexity index is 786. The van der Waals surface area contributed by atoms with Crippen LogP contribution in [0.1, 0.15) is 27.4 Å². The van der Waals surface area contributed by atoms with Crippen molar-refractivity contribution in [1.82, 2.24) is 4.98 Å². The van der Waals surface area contributed by atoms with Gasteiger partial charge in [-0.2, -0.15) is 0 Å². The second kappa shape index (κ2) is 5.30. The number of aryl methyl sites for hydroxylation is 3. The monoisotopic (exact) mass is 309 g/mol. The summed E-state index contributed by atoms with van der Waals surface area (Å²) < 4.78 is 27.8. The van der Waals surface area contributed by atoms with Gasteiger partial charge in [0.2, 0.25) is 15.8 Å². The van der Waals surface area contributed by atoms with Gasteiger partial charge in [0.05, 0.1) is 10.6 Å². The second-order valence-electron chi connectivity index (χ2n) is 4.70. The van der Waals surface area contributed by atoms with Crippen LogP contribution in [0.15, 0.2) is 27.8 Å². The summed E-state index contributed by atoms with van der Waals surface area (Å²) in [5.74, 6) is -0.330. The molecule has 0 fully saturated rings. The standard InChI is InChI=1S/C13H15N3O4S/c1-7-4-10(21(14,18)19)5-8(2)11(7)16-13(17)12-9(3)15-6-20-12/h4-6H,1-3H3,(H,16,17)(H2,14,18,19). The predicted octanol–water partition coefficient (Wildman–Crippen LogP) is 1.50. The first-order chi connectivity index (χ1) is 9.70. The van der Waals surface area contributed by atoms with Crippen LogP contribution in [0.3, 0.4) is 0 Å². The molecule has 0 saturated heterocycles. The third-order valence-electron chi connectivity index (χ3n) is 3.03. The number of carbonyl (C=O) groups excluding carboxylic acids is 1. The van der Waals surface area contributed by atoms with Crippen LogP contribution < -0.4 is 10.5 Å². The number of nitrogens with zero attached hydrogens (tertiary/aromatic N) is 1. The number of oxazole rings is 1. The maximum absolute atomic E-state index is 12.1. The number of primary sulfonamides is 1. The maximum Gasteiger partial charge on any atom is 0.293 e. The fourth-order valence-corrected chi connectivity index (χ4v) is 2.66. The molecular formula is C13H15N3O4S. The summed E-state index contributed by atoms with van der Waals surface area (Å²) in [5.41, 5.74) is 2.17. The molecule has 1 amide bonds. The van der Waals surface area contributed by atoms with Gasteiger partial charge < -0.3 is 9.73 Å². The van der Waals surface area contributed by atoms with Gasteiger partial charge in [0.1, 0.15) is 0 Å². The molecule has 1 aromatic carbocycles. The predicted molar refractivity (Wildman–Crippen MR) is 76.5 cm³/mol. The lowest BCUT2D eigenvalue weighted by Crippen LogP contribution is -2.16. The molecule has 0 radical (unpaired) electrons. The van der Waals surface area contributed by atoms with E-state index in [0.717, 1.165) is 0 Å². The third kappa shape index (κ3) is 3.11. The van der Waals surface area contributed by atoms with E-state index in [0.29, 0.717) is 22.5 Å². The Morgan fingerprint density at radius 1 is 1.24 bits per heavy atom. The largest absolute Gasteiger partial charge is 0.438 e. The molecular weight excluding hydrogens is 294 g/mol. The highest BCUT2D eigenvalue weighted by molar-refractivity contribution is 7.89. The number of sulfonamides is 1. The van der Waals surface area contributed by atoms with Crippen molar-refractivity contribution in [2.75, 3.05) is 5.32 Å². The van der Waals surface area contributed by atoms with Crippen LogP contribution in [0.25, 0.3) is 0 Å². The number of carbonyl (C=O) groups is 1. The number of amides is 1. The highest BCUT2D eigenvalue weighted by atomic mass is 32.2. The van der Waals surface area contributed by atoms with Gasteiger partial charge in [-0.3, -0.25) is 4.79 Å². The molecule has 2 aromatic rings. The Kier molecular flexibility index (Phi) is 3.84. The van der Waals surface area contributed by atoms with E-state index in [1.54, 1.807) is 20.8 Å². The van der Waals surface area contributed by atoms with Crippen LogP contribution in [0.2, 0.25) is 0 Å². The summed E-state index contributed by atoms with van der Waals surface area (Å²) in [6.07, 6.45) is 1.19. The van der Waals surface area contributed by atoms with Crippen molar-refractivity contribution in [1.29, 1.82) is 0 Å². The molecule has 2 rings (SSSR count). The molecule has 0 atom stereocenters. The third-order valence-corrected chi connectivity index (χ3v) is 3.92. The fourth-order valence-electron chi connectivity index (χ4n) is 1.98. The molecule has 1 heterocycles. The lowest BCUT2D eigenvalue weighted by atomic mass is 10.1. The average molecular weight is 309 g/mol. The fraction of sp³-hybridized carbons (Fsp3) is 0.231. The number of anilines is 1. The molecule has 8 heteroatoms. The van der Waals surface area contributed by atoms with E-state index in [1.165, 1.54) is 18.5 Å². The van der Waals surface area contributed by atoms with Gasteiger partial charge in [-0.1, -0.05) is 0 Å². The molecule has 0 spiro atoms. The van der Waals surface area contributed by atoms with E-state index in [9.17, 15) is 13.2 Å². The van der Waals surface area contributed by atoms with Crippen LogP contribution in [-0.2, 0) is 10.0 Å². The van der Waals surface area contributed by atoms with Gasteiger partial charge >= 0.3 is 0 Å². The molecule has 0 unspecified atom stereocenters. The quantitative estimate of drug-likeness (QED) is 0.891. The summed E-state index contributed by atoms with van der Waals surface area (Å²) in [7, 11) is -3.78. The number of aromatic nitrogens is 1. The summed E-state index contributed by atoms with van der Waals surface area (Å²) in [4.78, 5) is 15.9. The van der Waals surface area contributed by atoms with Crippen molar-refractivity contribution in [2.24, 2.45) is 5.14 Å². The van der Waals surface area contributed by atoms with E-state index in [2.05, 4.69) is 10.3 Å². The van der Waals surface area contributed by atoms with Crippen molar-refractivity contribution in [3.63, 3.8) is 0 Å². The summed E-state index contributed by atoms with van der Waals surface area (Å²) >= 11 is 0. The van der Waals surface area contributed by atoms with Crippen LogP contribution in [0.4, 0.5) is 5.69 Å². The molecule has 0 bridgehead atoms. The molecule has 112 valence electrons. The molecule has 1 aromatic heterocycles. The topological polar surface area (TPSA) is 115 Å². The number of hydrogen-bond acceptors (Lipinski definition) is 5. The Morgan fingerprint density at radius 2 is 1.81 bits per heavy atom. The lowest BCUT2D eigenvalue weighted by molar-refractivity contribution is 0.0995. The van der Waals surface area contributed by atoms with E-state index < -0.39 is 15.9 Å². The van der Waals surface area contributed by atoms with Crippen LogP contribution in [0, 0.1) is 20.8 Å². The Hall–Kier alpha value is -2.19. The smallest absolute Gasteiger partial charge is 0.293 e. The molecule has 0 aliphatic rings. The number of rotatable bonds is 3. The minimum absolute atomic E-state index is 0.00587. The van der Waals surface area contributed by atoms with Crippen LogP contribution in [0.5, 0.6) is 0 Å². The number of nitrogens with two attached hydrogens (primary N) is 1. The van der Waals surface area contributed by atoms with Crippen molar-refractivity contribution in [3.8, 4) is 0 Å². The lowest BCUT2D eigenvalue weighted by Gasteiger charge is -2.12. The van der Waals surface area contributed by atoms with Gasteiger partial charge in [-0.25, -0.2) is 18.5 Å². The molecule has 0 aliphatic carbocycles. The molecule has 21 heavy (non-hydrogen) atoms. The summed E-state index contributed by atoms with van der Waals surface area (Å²) in [6, 6.07) is 2.82. The first kappa shape index (κ1) is 15.2. The zero-order valence-corrected chi connectivity index (χ0v) is 12.6. The Morgan fingerprint density at radius 3 is 2.24 bits per heavy atom. The number of nitrogens with one attached hydrogen (secondary N) is 1. The molecule has 3 N–H and O–H groups in total. The van der Waals surface area contributed by atoms with Crippen molar-refractivity contribution < 1.29 is 17.6 Å². The molecule has 7 nitrogen and oxygen atoms in total. The first-order valence-corrected chi connectivity index (χ1v) is 7.60. The van der Waals surface area contributed by atoms with E-state index >= 15 is 0 Å². The Balaban J connectivity index is 2.38. The minimum Gasteiger partial charge on any atom is -0.438 e. The zero-order valence-electron chi connectivity index (χ0n) is 11.8. The van der Waals surface area contributed by atoms with Gasteiger partial charge in [-0.05, 0) is 44.0 Å². The first-order valence-electron chi connectivity index (χ1n) is 6.05. The molecule has 0 aliphatic heterocycles. The maximum atomic E-state index is 12.1. The SMILES string of the molecule is Cc1cc(S(N)(=O)=O)cc(C)c1NC(=O)c1ocnc1C. The van der Waals surface area contributed by atoms with E-state index in [1.807, 2.05) is 0 Å². The number of benzene rings is 1. The van der Waals surface area contributed by atoms with Gasteiger partial charge in [-0.15, -0.1) is 0 Å². The highest BCUT2D eigenvalue weighted by Gasteiger charge is 2.18. The summed E-state index contributed by atoms with van der Waals surface area (Å²) in [6.45, 7) is 5.03. The zero-order chi connectivity index (χ0) is 15.8. The van der Waals surface area contributed by atoms with Crippen molar-refractivity contribution in [3.05, 3.63) is 41.1 Å². The van der Waals surface area contributed by atoms with Gasteiger partial charge in [0, 0.05) is 5.69 Å².